The molecule has 0 radical (unpaired) electrons. The molecule has 0 aromatic heterocycles. The highest BCUT2D eigenvalue weighted by molar-refractivity contribution is 5.95. The molecule has 2 aliphatic rings. The molecule has 8 nitrogen and oxygen atoms in total. The van der Waals surface area contributed by atoms with Gasteiger partial charge in [-0.3, -0.25) is 4.90 Å². The Labute approximate surface area is 213 Å². The topological polar surface area (TPSA) is 83.1 Å². The summed E-state index contributed by atoms with van der Waals surface area (Å²) in [5, 5.41) is 5.80. The monoisotopic (exact) mass is 492 g/mol. The van der Waals surface area contributed by atoms with Crippen LogP contribution in [0, 0.1) is 13.8 Å². The number of nitrogens with one attached hydrogen (secondary N) is 2. The van der Waals surface area contributed by atoms with Gasteiger partial charge in [0.1, 0.15) is 5.75 Å². The van der Waals surface area contributed by atoms with Crippen molar-refractivity contribution >= 4 is 17.7 Å². The lowest BCUT2D eigenvalue weighted by atomic mass is 9.94. The lowest BCUT2D eigenvalue weighted by Gasteiger charge is -2.38. The number of urea groups is 1. The van der Waals surface area contributed by atoms with Crippen molar-refractivity contribution in [3.63, 3.8) is 0 Å². The van der Waals surface area contributed by atoms with E-state index in [-0.39, 0.29) is 12.6 Å². The van der Waals surface area contributed by atoms with Crippen LogP contribution in [-0.2, 0) is 9.53 Å². The standard InChI is InChI=1S/C28H36N4O4/c1-5-35-22-11-9-21(10-12-22)26-25(27(33)36-6-2)23(29-28(34)30-26)18-31-13-15-32(16-14-31)24-17-19(3)7-8-20(24)4/h7-12,17,26H,5-6,13-16,18H2,1-4H3,(H2,29,30,34)/t26-/m1/s1. The Balaban J connectivity index is 1.55. The van der Waals surface area contributed by atoms with Gasteiger partial charge in [-0.25, -0.2) is 9.59 Å². The summed E-state index contributed by atoms with van der Waals surface area (Å²) in [5.41, 5.74) is 5.62. The van der Waals surface area contributed by atoms with Gasteiger partial charge < -0.3 is 25.0 Å². The Morgan fingerprint density at radius 1 is 1.00 bits per heavy atom. The van der Waals surface area contributed by atoms with E-state index in [1.165, 1.54) is 16.8 Å². The third-order valence-electron chi connectivity index (χ3n) is 6.63. The van der Waals surface area contributed by atoms with Crippen LogP contribution in [0.1, 0.15) is 36.6 Å². The van der Waals surface area contributed by atoms with Gasteiger partial charge in [0.15, 0.2) is 0 Å². The number of nitrogens with zero attached hydrogens (tertiary/aromatic N) is 2. The summed E-state index contributed by atoms with van der Waals surface area (Å²) in [4.78, 5) is 30.4. The second-order valence-corrected chi connectivity index (χ2v) is 9.20. The first kappa shape index (κ1) is 25.6. The van der Waals surface area contributed by atoms with E-state index in [4.69, 9.17) is 9.47 Å². The minimum Gasteiger partial charge on any atom is -0.494 e. The zero-order valence-corrected chi connectivity index (χ0v) is 21.6. The molecule has 2 amide bonds. The molecule has 2 aromatic carbocycles. The Morgan fingerprint density at radius 2 is 1.72 bits per heavy atom. The fourth-order valence-electron chi connectivity index (χ4n) is 4.80. The van der Waals surface area contributed by atoms with Gasteiger partial charge in [-0.1, -0.05) is 24.3 Å². The average molecular weight is 493 g/mol. The number of amides is 2. The van der Waals surface area contributed by atoms with Crippen molar-refractivity contribution in [2.24, 2.45) is 0 Å². The van der Waals surface area contributed by atoms with Crippen LogP contribution in [0.3, 0.4) is 0 Å². The summed E-state index contributed by atoms with van der Waals surface area (Å²) < 4.78 is 11.0. The van der Waals surface area contributed by atoms with Crippen LogP contribution in [0.4, 0.5) is 10.5 Å². The highest BCUT2D eigenvalue weighted by Gasteiger charge is 2.34. The van der Waals surface area contributed by atoms with Crippen molar-refractivity contribution in [1.29, 1.82) is 0 Å². The first-order valence-corrected chi connectivity index (χ1v) is 12.6. The molecule has 36 heavy (non-hydrogen) atoms. The number of esters is 1. The van der Waals surface area contributed by atoms with Crippen LogP contribution in [0.2, 0.25) is 0 Å². The number of anilines is 1. The van der Waals surface area contributed by atoms with Gasteiger partial charge >= 0.3 is 12.0 Å². The Morgan fingerprint density at radius 3 is 2.39 bits per heavy atom. The van der Waals surface area contributed by atoms with Crippen molar-refractivity contribution in [1.82, 2.24) is 15.5 Å². The molecule has 192 valence electrons. The van der Waals surface area contributed by atoms with Gasteiger partial charge in [0.05, 0.1) is 24.8 Å². The summed E-state index contributed by atoms with van der Waals surface area (Å²) in [7, 11) is 0. The van der Waals surface area contributed by atoms with Crippen molar-refractivity contribution < 1.29 is 19.1 Å². The molecule has 0 unspecified atom stereocenters. The predicted molar refractivity (Wildman–Crippen MR) is 140 cm³/mol. The third-order valence-corrected chi connectivity index (χ3v) is 6.63. The van der Waals surface area contributed by atoms with Gasteiger partial charge in [0.25, 0.3) is 0 Å². The second kappa shape index (κ2) is 11.5. The smallest absolute Gasteiger partial charge is 0.338 e. The van der Waals surface area contributed by atoms with Gasteiger partial charge in [-0.2, -0.15) is 0 Å². The Kier molecular flexibility index (Phi) is 8.15. The predicted octanol–water partition coefficient (Wildman–Crippen LogP) is 3.70. The maximum absolute atomic E-state index is 13.1. The molecule has 4 rings (SSSR count). The normalized spacial score (nSPS) is 18.5. The molecule has 0 spiro atoms. The molecule has 1 saturated heterocycles. The van der Waals surface area contributed by atoms with Crippen LogP contribution >= 0.6 is 0 Å². The maximum atomic E-state index is 13.1. The highest BCUT2D eigenvalue weighted by atomic mass is 16.5. The lowest BCUT2D eigenvalue weighted by Crippen LogP contribution is -2.52. The van der Waals surface area contributed by atoms with Gasteiger partial charge in [0, 0.05) is 44.1 Å². The number of piperazine rings is 1. The number of hydrogen-bond donors (Lipinski definition) is 2. The van der Waals surface area contributed by atoms with E-state index in [1.54, 1.807) is 6.92 Å². The number of benzene rings is 2. The fraction of sp³-hybridized carbons (Fsp3) is 0.429. The summed E-state index contributed by atoms with van der Waals surface area (Å²) in [5.74, 6) is 0.318. The molecule has 2 aliphatic heterocycles. The highest BCUT2D eigenvalue weighted by Crippen LogP contribution is 2.30. The van der Waals surface area contributed by atoms with E-state index >= 15 is 0 Å². The zero-order chi connectivity index (χ0) is 25.7. The third kappa shape index (κ3) is 5.82. The van der Waals surface area contributed by atoms with Crippen LogP contribution in [-0.4, -0.2) is 62.8 Å². The molecular weight excluding hydrogens is 456 g/mol. The zero-order valence-electron chi connectivity index (χ0n) is 21.6. The number of carbonyl (C=O) groups is 2. The minimum absolute atomic E-state index is 0.258. The van der Waals surface area contributed by atoms with Gasteiger partial charge in [-0.15, -0.1) is 0 Å². The maximum Gasteiger partial charge on any atom is 0.338 e. The molecule has 0 bridgehead atoms. The van der Waals surface area contributed by atoms with Crippen LogP contribution in [0.5, 0.6) is 5.75 Å². The number of carbonyl (C=O) groups excluding carboxylic acids is 2. The Hall–Kier alpha value is -3.52. The Bertz CT molecular complexity index is 1120. The number of rotatable bonds is 8. The van der Waals surface area contributed by atoms with Crippen LogP contribution < -0.4 is 20.3 Å². The summed E-state index contributed by atoms with van der Waals surface area (Å²) in [6, 6.07) is 13.1. The molecule has 8 heteroatoms. The quantitative estimate of drug-likeness (QED) is 0.547. The van der Waals surface area contributed by atoms with E-state index in [9.17, 15) is 9.59 Å². The van der Waals surface area contributed by atoms with E-state index in [0.29, 0.717) is 24.4 Å². The number of hydrogen-bond acceptors (Lipinski definition) is 6. The molecule has 0 saturated carbocycles. The van der Waals surface area contributed by atoms with Crippen molar-refractivity contribution in [2.45, 2.75) is 33.7 Å². The molecule has 1 atom stereocenters. The molecule has 2 N–H and O–H groups in total. The summed E-state index contributed by atoms with van der Waals surface area (Å²) >= 11 is 0. The van der Waals surface area contributed by atoms with Gasteiger partial charge in [0.2, 0.25) is 0 Å². The van der Waals surface area contributed by atoms with Crippen molar-refractivity contribution in [3.8, 4) is 5.75 Å². The van der Waals surface area contributed by atoms with Gasteiger partial charge in [-0.05, 0) is 62.6 Å². The van der Waals surface area contributed by atoms with Crippen LogP contribution in [0.15, 0.2) is 53.7 Å². The molecule has 2 aromatic rings. The summed E-state index contributed by atoms with van der Waals surface area (Å²) in [6.07, 6.45) is 0. The summed E-state index contributed by atoms with van der Waals surface area (Å²) in [6.45, 7) is 12.7. The molecular formula is C28H36N4O4. The molecule has 2 heterocycles. The molecule has 0 aliphatic carbocycles. The second-order valence-electron chi connectivity index (χ2n) is 9.20. The van der Waals surface area contributed by atoms with E-state index in [2.05, 4.69) is 52.5 Å². The van der Waals surface area contributed by atoms with E-state index in [0.717, 1.165) is 37.5 Å². The van der Waals surface area contributed by atoms with E-state index in [1.807, 2.05) is 31.2 Å². The number of aryl methyl sites for hydroxylation is 2. The first-order valence-electron chi connectivity index (χ1n) is 12.6. The van der Waals surface area contributed by atoms with E-state index < -0.39 is 12.0 Å². The average Bonchev–Trinajstić information content (AvgIpc) is 2.86. The fourth-order valence-corrected chi connectivity index (χ4v) is 4.80. The first-order chi connectivity index (χ1) is 17.4. The minimum atomic E-state index is -0.597. The SMILES string of the molecule is CCOC(=O)C1=C(CN2CCN(c3cc(C)ccc3C)CC2)NC(=O)N[C@@H]1c1ccc(OCC)cc1. The van der Waals surface area contributed by atoms with Crippen molar-refractivity contribution in [2.75, 3.05) is 50.8 Å². The largest absolute Gasteiger partial charge is 0.494 e. The lowest BCUT2D eigenvalue weighted by molar-refractivity contribution is -0.139. The van der Waals surface area contributed by atoms with Crippen molar-refractivity contribution in [3.05, 3.63) is 70.4 Å². The number of ether oxygens (including phenoxy) is 2. The van der Waals surface area contributed by atoms with Crippen LogP contribution in [0.25, 0.3) is 0 Å². The molecule has 1 fully saturated rings.